The lowest BCUT2D eigenvalue weighted by atomic mass is 10.1. The van der Waals surface area contributed by atoms with Crippen LogP contribution in [0.25, 0.3) is 22.2 Å². The number of aryl methyl sites for hydroxylation is 1. The maximum Gasteiger partial charge on any atom is 0.137 e. The minimum absolute atomic E-state index is 0.639. The molecule has 0 spiro atoms. The second-order valence-corrected chi connectivity index (χ2v) is 7.61. The lowest BCUT2D eigenvalue weighted by molar-refractivity contribution is 0.122. The van der Waals surface area contributed by atoms with Gasteiger partial charge in [0.25, 0.3) is 0 Å². The number of anilines is 2. The van der Waals surface area contributed by atoms with Crippen molar-refractivity contribution in [1.29, 1.82) is 0 Å². The molecule has 0 atom stereocenters. The topological polar surface area (TPSA) is 76.1 Å². The summed E-state index contributed by atoms with van der Waals surface area (Å²) in [5, 5.41) is 4.45. The van der Waals surface area contributed by atoms with Gasteiger partial charge in [-0.15, -0.1) is 0 Å². The number of hydrogen-bond acceptors (Lipinski definition) is 7. The summed E-state index contributed by atoms with van der Waals surface area (Å²) in [5.41, 5.74) is 6.19. The maximum absolute atomic E-state index is 5.45. The van der Waals surface area contributed by atoms with E-state index in [2.05, 4.69) is 54.4 Å². The highest BCUT2D eigenvalue weighted by Crippen LogP contribution is 2.26. The molecule has 1 aromatic carbocycles. The Labute approximate surface area is 181 Å². The maximum atomic E-state index is 5.45. The smallest absolute Gasteiger partial charge is 0.137 e. The number of aromatic nitrogens is 4. The lowest BCUT2D eigenvalue weighted by Gasteiger charge is -2.29. The standard InChI is InChI=1S/C24H24N6O/c1-17-12-19(6-7-25-17)22-5-2-18(14-26-22)15-27-24-21-4-3-20(13-23(21)28-16-29-24)30-8-10-31-11-9-30/h2-7,12-14,16H,8-11,15H2,1H3,(H,27,28,29). The highest BCUT2D eigenvalue weighted by Gasteiger charge is 2.13. The predicted molar refractivity (Wildman–Crippen MR) is 122 cm³/mol. The number of ether oxygens (including phenoxy) is 1. The molecule has 1 saturated heterocycles. The molecule has 31 heavy (non-hydrogen) atoms. The Morgan fingerprint density at radius 2 is 1.87 bits per heavy atom. The first-order chi connectivity index (χ1) is 15.3. The third-order valence-corrected chi connectivity index (χ3v) is 5.47. The van der Waals surface area contributed by atoms with Crippen molar-refractivity contribution in [3.63, 3.8) is 0 Å². The Morgan fingerprint density at radius 1 is 0.968 bits per heavy atom. The van der Waals surface area contributed by atoms with Crippen LogP contribution in [0, 0.1) is 6.92 Å². The molecule has 0 saturated carbocycles. The van der Waals surface area contributed by atoms with Crippen molar-refractivity contribution < 1.29 is 4.74 Å². The van der Waals surface area contributed by atoms with Gasteiger partial charge in [0.1, 0.15) is 12.1 Å². The van der Waals surface area contributed by atoms with Gasteiger partial charge in [0.05, 0.1) is 24.4 Å². The Bertz CT molecular complexity index is 1190. The van der Waals surface area contributed by atoms with Crippen LogP contribution in [-0.2, 0) is 11.3 Å². The Balaban J connectivity index is 1.31. The van der Waals surface area contributed by atoms with Crippen molar-refractivity contribution >= 4 is 22.4 Å². The number of pyridine rings is 2. The molecule has 1 aliphatic rings. The van der Waals surface area contributed by atoms with Gasteiger partial charge in [0, 0.05) is 54.4 Å². The minimum atomic E-state index is 0.639. The van der Waals surface area contributed by atoms with Crippen LogP contribution in [-0.4, -0.2) is 46.2 Å². The largest absolute Gasteiger partial charge is 0.378 e. The molecular formula is C24H24N6O. The van der Waals surface area contributed by atoms with E-state index in [1.165, 1.54) is 5.69 Å². The Morgan fingerprint density at radius 3 is 2.68 bits per heavy atom. The quantitative estimate of drug-likeness (QED) is 0.534. The second-order valence-electron chi connectivity index (χ2n) is 7.61. The normalized spacial score (nSPS) is 14.0. The summed E-state index contributed by atoms with van der Waals surface area (Å²) in [6.45, 7) is 5.97. The number of fused-ring (bicyclic) bond motifs is 1. The van der Waals surface area contributed by atoms with Gasteiger partial charge in [0.2, 0.25) is 0 Å². The van der Waals surface area contributed by atoms with Crippen LogP contribution in [0.15, 0.2) is 61.2 Å². The Hall–Kier alpha value is -3.58. The Kier molecular flexibility index (Phi) is 5.41. The molecule has 7 nitrogen and oxygen atoms in total. The molecule has 0 unspecified atom stereocenters. The first-order valence-electron chi connectivity index (χ1n) is 10.5. The van der Waals surface area contributed by atoms with Crippen molar-refractivity contribution in [2.75, 3.05) is 36.5 Å². The van der Waals surface area contributed by atoms with Crippen molar-refractivity contribution in [3.8, 4) is 11.3 Å². The van der Waals surface area contributed by atoms with Crippen LogP contribution >= 0.6 is 0 Å². The number of hydrogen-bond donors (Lipinski definition) is 1. The summed E-state index contributed by atoms with van der Waals surface area (Å²) in [6.07, 6.45) is 5.32. The molecule has 3 aromatic heterocycles. The van der Waals surface area contributed by atoms with Crippen LogP contribution in [0.4, 0.5) is 11.5 Å². The number of nitrogens with one attached hydrogen (secondary N) is 1. The van der Waals surface area contributed by atoms with Gasteiger partial charge < -0.3 is 15.0 Å². The van der Waals surface area contributed by atoms with E-state index in [1.54, 1.807) is 6.33 Å². The molecule has 1 aliphatic heterocycles. The summed E-state index contributed by atoms with van der Waals surface area (Å²) in [6, 6.07) is 14.5. The van der Waals surface area contributed by atoms with Crippen LogP contribution in [0.3, 0.4) is 0 Å². The molecule has 0 amide bonds. The van der Waals surface area contributed by atoms with E-state index in [4.69, 9.17) is 4.74 Å². The number of benzene rings is 1. The number of nitrogens with zero attached hydrogens (tertiary/aromatic N) is 5. The average molecular weight is 412 g/mol. The lowest BCUT2D eigenvalue weighted by Crippen LogP contribution is -2.36. The SMILES string of the molecule is Cc1cc(-c2ccc(CNc3ncnc4cc(N5CCOCC5)ccc34)cn2)ccn1. The molecule has 1 fully saturated rings. The number of morpholine rings is 1. The van der Waals surface area contributed by atoms with E-state index >= 15 is 0 Å². The van der Waals surface area contributed by atoms with Gasteiger partial charge in [-0.3, -0.25) is 9.97 Å². The summed E-state index contributed by atoms with van der Waals surface area (Å²) >= 11 is 0. The molecule has 1 N–H and O–H groups in total. The zero-order chi connectivity index (χ0) is 21.0. The molecule has 0 bridgehead atoms. The third kappa shape index (κ3) is 4.32. The highest BCUT2D eigenvalue weighted by atomic mass is 16.5. The van der Waals surface area contributed by atoms with E-state index in [0.29, 0.717) is 6.54 Å². The van der Waals surface area contributed by atoms with E-state index in [9.17, 15) is 0 Å². The minimum Gasteiger partial charge on any atom is -0.378 e. The predicted octanol–water partition coefficient (Wildman–Crippen LogP) is 3.84. The summed E-state index contributed by atoms with van der Waals surface area (Å²) < 4.78 is 5.45. The first-order valence-corrected chi connectivity index (χ1v) is 10.5. The van der Waals surface area contributed by atoms with Gasteiger partial charge in [-0.05, 0) is 48.9 Å². The molecule has 4 heterocycles. The molecule has 7 heteroatoms. The zero-order valence-electron chi connectivity index (χ0n) is 17.5. The van der Waals surface area contributed by atoms with Crippen LogP contribution < -0.4 is 10.2 Å². The van der Waals surface area contributed by atoms with Gasteiger partial charge >= 0.3 is 0 Å². The monoisotopic (exact) mass is 412 g/mol. The van der Waals surface area contributed by atoms with Gasteiger partial charge in [0.15, 0.2) is 0 Å². The fourth-order valence-corrected chi connectivity index (χ4v) is 3.80. The number of rotatable bonds is 5. The van der Waals surface area contributed by atoms with Crippen molar-refractivity contribution in [2.24, 2.45) is 0 Å². The molecule has 5 rings (SSSR count). The van der Waals surface area contributed by atoms with Crippen LogP contribution in [0.1, 0.15) is 11.3 Å². The van der Waals surface area contributed by atoms with E-state index in [-0.39, 0.29) is 0 Å². The summed E-state index contributed by atoms with van der Waals surface area (Å²) in [4.78, 5) is 20.1. The average Bonchev–Trinajstić information content (AvgIpc) is 2.83. The molecule has 0 radical (unpaired) electrons. The van der Waals surface area contributed by atoms with Crippen molar-refractivity contribution in [1.82, 2.24) is 19.9 Å². The van der Waals surface area contributed by atoms with Crippen molar-refractivity contribution in [3.05, 3.63) is 72.4 Å². The summed E-state index contributed by atoms with van der Waals surface area (Å²) in [7, 11) is 0. The van der Waals surface area contributed by atoms with Crippen molar-refractivity contribution in [2.45, 2.75) is 13.5 Å². The fourth-order valence-electron chi connectivity index (χ4n) is 3.80. The molecule has 156 valence electrons. The van der Waals surface area contributed by atoms with Crippen LogP contribution in [0.5, 0.6) is 0 Å². The second kappa shape index (κ2) is 8.65. The summed E-state index contributed by atoms with van der Waals surface area (Å²) in [5.74, 6) is 0.826. The van der Waals surface area contributed by atoms with Crippen LogP contribution in [0.2, 0.25) is 0 Å². The molecule has 4 aromatic rings. The van der Waals surface area contributed by atoms with E-state index in [1.807, 2.05) is 37.5 Å². The van der Waals surface area contributed by atoms with E-state index < -0.39 is 0 Å². The first kappa shape index (κ1) is 19.4. The van der Waals surface area contributed by atoms with Gasteiger partial charge in [-0.25, -0.2) is 9.97 Å². The molecule has 0 aliphatic carbocycles. The highest BCUT2D eigenvalue weighted by molar-refractivity contribution is 5.91. The third-order valence-electron chi connectivity index (χ3n) is 5.47. The zero-order valence-corrected chi connectivity index (χ0v) is 17.5. The van der Waals surface area contributed by atoms with E-state index in [0.717, 1.165) is 65.5 Å². The molecular weight excluding hydrogens is 388 g/mol. The van der Waals surface area contributed by atoms with Gasteiger partial charge in [-0.1, -0.05) is 6.07 Å². The fraction of sp³-hybridized carbons (Fsp3) is 0.250. The van der Waals surface area contributed by atoms with Gasteiger partial charge in [-0.2, -0.15) is 0 Å².